The zero-order chi connectivity index (χ0) is 39.3. The molecule has 3 fully saturated rings. The highest BCUT2D eigenvalue weighted by atomic mass is 19.1. The minimum atomic E-state index is -0.665. The lowest BCUT2D eigenvalue weighted by Gasteiger charge is -2.41. The summed E-state index contributed by atoms with van der Waals surface area (Å²) in [7, 11) is 1.44. The Morgan fingerprint density at radius 2 is 1.86 bits per heavy atom. The van der Waals surface area contributed by atoms with Crippen LogP contribution in [0.1, 0.15) is 73.4 Å². The molecule has 1 amide bonds. The van der Waals surface area contributed by atoms with E-state index in [9.17, 15) is 9.59 Å². The van der Waals surface area contributed by atoms with Gasteiger partial charge in [-0.1, -0.05) is 18.2 Å². The molecule has 5 aromatic rings. The average Bonchev–Trinajstić information content (AvgIpc) is 3.79. The van der Waals surface area contributed by atoms with Crippen molar-refractivity contribution in [1.29, 1.82) is 0 Å². The smallest absolute Gasteiger partial charge is 0.407 e. The number of nitrogens with zero attached hydrogens (tertiary/aromatic N) is 6. The lowest BCUT2D eigenvalue weighted by molar-refractivity contribution is 0.0729. The molecular weight excluding hydrogens is 730 g/mol. The van der Waals surface area contributed by atoms with E-state index in [0.29, 0.717) is 60.3 Å². The molecule has 0 saturated carbocycles. The van der Waals surface area contributed by atoms with Gasteiger partial charge in [0, 0.05) is 31.0 Å². The number of nitrogens with one attached hydrogen (secondary N) is 1. The van der Waals surface area contributed by atoms with Gasteiger partial charge < -0.3 is 29.2 Å². The number of carbonyl (C=O) groups is 2. The second-order valence-electron chi connectivity index (χ2n) is 16.1. The summed E-state index contributed by atoms with van der Waals surface area (Å²) in [5.41, 5.74) is 1.53. The molecule has 57 heavy (non-hydrogen) atoms. The number of aryl methyl sites for hydroxylation is 2. The number of benzene rings is 2. The van der Waals surface area contributed by atoms with Gasteiger partial charge in [-0.05, 0) is 118 Å². The molecule has 1 N–H and O–H groups in total. The summed E-state index contributed by atoms with van der Waals surface area (Å²) in [5.74, 6) is -0.496. The van der Waals surface area contributed by atoms with Crippen molar-refractivity contribution in [1.82, 2.24) is 30.2 Å². The highest BCUT2D eigenvalue weighted by Crippen LogP contribution is 2.42. The Labute approximate surface area is 329 Å². The number of aromatic nitrogens is 4. The number of ether oxygens (including phenoxy) is 4. The summed E-state index contributed by atoms with van der Waals surface area (Å²) < 4.78 is 41.2. The molecule has 1 atom stereocenters. The molecule has 8 heterocycles. The van der Waals surface area contributed by atoms with E-state index in [1.165, 1.54) is 7.11 Å². The standard InChI is InChI=1S/C43H46FN7O6/c1-26-12-16-45-38(54-3)32(26)39(52)57-29-21-28-10-4-9-27-11-5-20-55-41(53)49-42(2)13-6-17-50(24-42)37-31-23-46-35(30(22-29)33(27)28)34(44)36(31)47-40(48-37)56-25-43-14-7-18-51(43)19-8-15-43/h4,9-10,12,16,21-23H,5-8,11,13-15,17-20,24-25H2,1-3H3,(H,49,53). The zero-order valence-corrected chi connectivity index (χ0v) is 32.5. The van der Waals surface area contributed by atoms with Crippen molar-refractivity contribution in [2.24, 2.45) is 0 Å². The van der Waals surface area contributed by atoms with E-state index in [-0.39, 0.29) is 46.6 Å². The first kappa shape index (κ1) is 37.0. The van der Waals surface area contributed by atoms with Crippen LogP contribution in [0.25, 0.3) is 32.9 Å². The number of alkyl carbamates (subject to hydrolysis) is 1. The molecule has 0 aliphatic carbocycles. The first-order chi connectivity index (χ1) is 27.6. The van der Waals surface area contributed by atoms with Crippen molar-refractivity contribution < 1.29 is 32.9 Å². The van der Waals surface area contributed by atoms with Crippen molar-refractivity contribution in [3.8, 4) is 28.9 Å². The quantitative estimate of drug-likeness (QED) is 0.141. The van der Waals surface area contributed by atoms with E-state index in [2.05, 4.69) is 20.1 Å². The minimum absolute atomic E-state index is 0.0424. The van der Waals surface area contributed by atoms with E-state index in [1.54, 1.807) is 37.5 Å². The fourth-order valence-electron chi connectivity index (χ4n) is 9.43. The normalized spacial score (nSPS) is 20.6. The molecule has 6 bridgehead atoms. The number of pyridine rings is 2. The average molecular weight is 776 g/mol. The maximum absolute atomic E-state index is 17.6. The van der Waals surface area contributed by atoms with Gasteiger partial charge >= 0.3 is 18.1 Å². The van der Waals surface area contributed by atoms with E-state index < -0.39 is 23.4 Å². The second-order valence-corrected chi connectivity index (χ2v) is 16.1. The Morgan fingerprint density at radius 1 is 1.04 bits per heavy atom. The van der Waals surface area contributed by atoms with Crippen molar-refractivity contribution >= 4 is 39.6 Å². The van der Waals surface area contributed by atoms with Gasteiger partial charge in [0.2, 0.25) is 5.88 Å². The summed E-state index contributed by atoms with van der Waals surface area (Å²) in [6.07, 6.45) is 9.51. The van der Waals surface area contributed by atoms with E-state index in [0.717, 1.165) is 62.6 Å². The molecule has 2 aromatic carbocycles. The number of fused-ring (bicyclic) bond motifs is 7. The molecule has 3 saturated heterocycles. The van der Waals surface area contributed by atoms with Gasteiger partial charge in [0.15, 0.2) is 5.82 Å². The molecule has 5 aliphatic rings. The van der Waals surface area contributed by atoms with Crippen molar-refractivity contribution in [3.63, 3.8) is 0 Å². The third kappa shape index (κ3) is 6.83. The van der Waals surface area contributed by atoms with E-state index >= 15 is 4.39 Å². The summed E-state index contributed by atoms with van der Waals surface area (Å²) >= 11 is 0. The maximum Gasteiger partial charge on any atom is 0.407 e. The SMILES string of the molecule is COc1nccc(C)c1C(=O)Oc1cc2c3c(cccc3c1)CCCOC(=O)NC1(C)CCCN(C1)c1nc(OCC34CCCN3CCC4)nc3c(F)c-2ncc13. The number of hydrogen-bond acceptors (Lipinski definition) is 12. The van der Waals surface area contributed by atoms with Crippen LogP contribution in [0, 0.1) is 12.7 Å². The van der Waals surface area contributed by atoms with Crippen LogP contribution in [0.4, 0.5) is 15.0 Å². The molecule has 3 aromatic heterocycles. The number of carbonyl (C=O) groups excluding carboxylic acids is 2. The third-order valence-corrected chi connectivity index (χ3v) is 12.2. The molecule has 14 heteroatoms. The fraction of sp³-hybridized carbons (Fsp3) is 0.442. The van der Waals surface area contributed by atoms with Crippen LogP contribution in [0.5, 0.6) is 17.6 Å². The van der Waals surface area contributed by atoms with Gasteiger partial charge in [-0.3, -0.25) is 9.88 Å². The van der Waals surface area contributed by atoms with E-state index in [1.807, 2.05) is 25.1 Å². The number of amides is 1. The van der Waals surface area contributed by atoms with Crippen LogP contribution < -0.4 is 24.4 Å². The van der Waals surface area contributed by atoms with Crippen molar-refractivity contribution in [3.05, 3.63) is 71.3 Å². The van der Waals surface area contributed by atoms with Crippen LogP contribution in [0.15, 0.2) is 48.8 Å². The summed E-state index contributed by atoms with van der Waals surface area (Å²) in [6.45, 7) is 7.48. The second kappa shape index (κ2) is 14.7. The summed E-state index contributed by atoms with van der Waals surface area (Å²) in [5, 5.41) is 4.97. The lowest BCUT2D eigenvalue weighted by atomic mass is 9.91. The highest BCUT2D eigenvalue weighted by molar-refractivity contribution is 6.03. The molecule has 0 radical (unpaired) electrons. The molecule has 5 aliphatic heterocycles. The third-order valence-electron chi connectivity index (χ3n) is 12.2. The topological polar surface area (TPSA) is 141 Å². The summed E-state index contributed by atoms with van der Waals surface area (Å²) in [4.78, 5) is 50.1. The number of anilines is 1. The molecule has 1 unspecified atom stereocenters. The maximum atomic E-state index is 17.6. The largest absolute Gasteiger partial charge is 0.480 e. The van der Waals surface area contributed by atoms with Gasteiger partial charge in [-0.25, -0.2) is 19.0 Å². The van der Waals surface area contributed by atoms with Gasteiger partial charge in [-0.2, -0.15) is 9.97 Å². The predicted octanol–water partition coefficient (Wildman–Crippen LogP) is 6.95. The van der Waals surface area contributed by atoms with Crippen molar-refractivity contribution in [2.75, 3.05) is 51.4 Å². The van der Waals surface area contributed by atoms with Crippen LogP contribution >= 0.6 is 0 Å². The van der Waals surface area contributed by atoms with Gasteiger partial charge in [0.05, 0.1) is 30.2 Å². The minimum Gasteiger partial charge on any atom is -0.480 e. The van der Waals surface area contributed by atoms with Crippen LogP contribution in [-0.2, 0) is 11.2 Å². The summed E-state index contributed by atoms with van der Waals surface area (Å²) in [6, 6.07) is 10.9. The Hall–Kier alpha value is -5.63. The highest BCUT2D eigenvalue weighted by Gasteiger charge is 2.45. The Bertz CT molecular complexity index is 2400. The van der Waals surface area contributed by atoms with Crippen LogP contribution in [0.3, 0.4) is 0 Å². The van der Waals surface area contributed by atoms with Crippen LogP contribution in [0.2, 0.25) is 0 Å². The lowest BCUT2D eigenvalue weighted by Crippen LogP contribution is -2.57. The fourth-order valence-corrected chi connectivity index (χ4v) is 9.43. The van der Waals surface area contributed by atoms with Gasteiger partial charge in [0.25, 0.3) is 0 Å². The number of piperidine rings is 1. The van der Waals surface area contributed by atoms with Gasteiger partial charge in [-0.15, -0.1) is 0 Å². The van der Waals surface area contributed by atoms with Gasteiger partial charge in [0.1, 0.15) is 34.9 Å². The first-order valence-electron chi connectivity index (χ1n) is 19.9. The molecule has 0 spiro atoms. The number of methoxy groups -OCH3 is 1. The Morgan fingerprint density at radius 3 is 2.68 bits per heavy atom. The van der Waals surface area contributed by atoms with Crippen molar-refractivity contribution in [2.45, 2.75) is 76.3 Å². The Kier molecular flexibility index (Phi) is 9.54. The molecule has 296 valence electrons. The zero-order valence-electron chi connectivity index (χ0n) is 32.5. The molecular formula is C43H46FN7O6. The molecule has 10 rings (SSSR count). The van der Waals surface area contributed by atoms with Crippen LogP contribution in [-0.4, -0.2) is 94.5 Å². The van der Waals surface area contributed by atoms with E-state index in [4.69, 9.17) is 33.9 Å². The number of rotatable bonds is 6. The monoisotopic (exact) mass is 775 g/mol. The first-order valence-corrected chi connectivity index (χ1v) is 19.9. The predicted molar refractivity (Wildman–Crippen MR) is 212 cm³/mol. The number of esters is 1. The Balaban J connectivity index is 1.21. The number of halogens is 1. The molecule has 13 nitrogen and oxygen atoms in total. The number of hydrogen-bond donors (Lipinski definition) is 1.